The molecule has 4 aromatic rings. The maximum atomic E-state index is 6.01. The Morgan fingerprint density at radius 3 is 2.65 bits per heavy atom. The fraction of sp³-hybridized carbons (Fsp3) is 0.150. The summed E-state index contributed by atoms with van der Waals surface area (Å²) in [7, 11) is 0. The largest absolute Gasteiger partial charge is 0.324 e. The summed E-state index contributed by atoms with van der Waals surface area (Å²) in [5, 5.41) is 0.707. The number of para-hydroxylation sites is 1. The molecule has 0 unspecified atom stereocenters. The van der Waals surface area contributed by atoms with Crippen molar-refractivity contribution < 1.29 is 0 Å². The second-order valence-corrected chi connectivity index (χ2v) is 6.78. The molecular weight excluding hydrogens is 346 g/mol. The van der Waals surface area contributed by atoms with Gasteiger partial charge in [0, 0.05) is 22.9 Å². The van der Waals surface area contributed by atoms with Crippen LogP contribution in [0.3, 0.4) is 0 Å². The third kappa shape index (κ3) is 2.44. The van der Waals surface area contributed by atoms with E-state index in [1.807, 2.05) is 28.8 Å². The Kier molecular flexibility index (Phi) is 3.60. The van der Waals surface area contributed by atoms with Crippen LogP contribution < -0.4 is 4.90 Å². The van der Waals surface area contributed by atoms with Gasteiger partial charge in [-0.05, 0) is 48.7 Å². The van der Waals surface area contributed by atoms with Gasteiger partial charge in [0.15, 0.2) is 17.0 Å². The van der Waals surface area contributed by atoms with E-state index in [4.69, 9.17) is 11.6 Å². The van der Waals surface area contributed by atoms with E-state index < -0.39 is 0 Å². The molecule has 0 saturated carbocycles. The minimum atomic E-state index is 0.707. The summed E-state index contributed by atoms with van der Waals surface area (Å²) >= 11 is 6.01. The third-order valence-corrected chi connectivity index (χ3v) is 5.04. The van der Waals surface area contributed by atoms with Crippen LogP contribution in [0.1, 0.15) is 12.0 Å². The number of rotatable bonds is 2. The first-order chi connectivity index (χ1) is 12.8. The Morgan fingerprint density at radius 1 is 0.923 bits per heavy atom. The average Bonchev–Trinajstić information content (AvgIpc) is 3.12. The molecule has 2 aromatic carbocycles. The molecule has 5 rings (SSSR count). The highest BCUT2D eigenvalue weighted by Gasteiger charge is 2.22. The summed E-state index contributed by atoms with van der Waals surface area (Å²) < 4.78 is 1.96. The molecule has 0 atom stereocenters. The lowest BCUT2D eigenvalue weighted by atomic mass is 10.0. The Balaban J connectivity index is 1.66. The molecule has 2 aromatic heterocycles. The minimum Gasteiger partial charge on any atom is -0.324 e. The van der Waals surface area contributed by atoms with Crippen LogP contribution in [0.5, 0.6) is 0 Å². The maximum Gasteiger partial charge on any atom is 0.170 e. The van der Waals surface area contributed by atoms with Gasteiger partial charge in [-0.15, -0.1) is 0 Å². The zero-order valence-electron chi connectivity index (χ0n) is 14.0. The van der Waals surface area contributed by atoms with Crippen molar-refractivity contribution in [2.45, 2.75) is 12.8 Å². The molecule has 5 nitrogen and oxygen atoms in total. The zero-order valence-corrected chi connectivity index (χ0v) is 14.8. The summed E-state index contributed by atoms with van der Waals surface area (Å²) in [4.78, 5) is 15.9. The van der Waals surface area contributed by atoms with Crippen molar-refractivity contribution in [1.82, 2.24) is 19.5 Å². The van der Waals surface area contributed by atoms with Crippen LogP contribution in [-0.4, -0.2) is 26.1 Å². The number of imidazole rings is 1. The number of aryl methyl sites for hydroxylation is 1. The number of aromatic nitrogens is 4. The van der Waals surface area contributed by atoms with Crippen LogP contribution in [0.2, 0.25) is 5.02 Å². The van der Waals surface area contributed by atoms with Crippen molar-refractivity contribution in [2.75, 3.05) is 11.4 Å². The van der Waals surface area contributed by atoms with Crippen LogP contribution in [-0.2, 0) is 6.42 Å². The lowest BCUT2D eigenvalue weighted by Gasteiger charge is -2.30. The number of fused-ring (bicyclic) bond motifs is 2. The first-order valence-electron chi connectivity index (χ1n) is 8.61. The predicted molar refractivity (Wildman–Crippen MR) is 103 cm³/mol. The Morgan fingerprint density at radius 2 is 1.77 bits per heavy atom. The Labute approximate surface area is 155 Å². The molecule has 0 fully saturated rings. The van der Waals surface area contributed by atoms with Gasteiger partial charge >= 0.3 is 0 Å². The molecule has 26 heavy (non-hydrogen) atoms. The quantitative estimate of drug-likeness (QED) is 0.525. The fourth-order valence-electron chi connectivity index (χ4n) is 3.56. The van der Waals surface area contributed by atoms with Crippen LogP contribution >= 0.6 is 11.6 Å². The van der Waals surface area contributed by atoms with E-state index >= 15 is 0 Å². The topological polar surface area (TPSA) is 46.8 Å². The summed E-state index contributed by atoms with van der Waals surface area (Å²) in [5.74, 6) is 0.856. The molecule has 0 aliphatic carbocycles. The Hall–Kier alpha value is -2.92. The van der Waals surface area contributed by atoms with Crippen LogP contribution in [0.25, 0.3) is 16.9 Å². The van der Waals surface area contributed by atoms with Gasteiger partial charge in [0.25, 0.3) is 0 Å². The predicted octanol–water partition coefficient (Wildman–Crippen LogP) is 4.55. The van der Waals surface area contributed by atoms with Gasteiger partial charge in [0.1, 0.15) is 12.7 Å². The summed E-state index contributed by atoms with van der Waals surface area (Å²) in [6, 6.07) is 16.2. The summed E-state index contributed by atoms with van der Waals surface area (Å²) in [5.41, 5.74) is 5.13. The number of halogens is 1. The first kappa shape index (κ1) is 15.3. The average molecular weight is 362 g/mol. The molecule has 0 bridgehead atoms. The second-order valence-electron chi connectivity index (χ2n) is 6.34. The third-order valence-electron chi connectivity index (χ3n) is 4.78. The van der Waals surface area contributed by atoms with E-state index in [0.29, 0.717) is 5.02 Å². The van der Waals surface area contributed by atoms with Gasteiger partial charge < -0.3 is 4.90 Å². The van der Waals surface area contributed by atoms with Crippen LogP contribution in [0.4, 0.5) is 11.5 Å². The highest BCUT2D eigenvalue weighted by Crippen LogP contribution is 2.35. The number of anilines is 2. The molecular formula is C20H16ClN5. The molecule has 6 heteroatoms. The molecule has 1 aliphatic rings. The summed E-state index contributed by atoms with van der Waals surface area (Å²) in [6.45, 7) is 0.928. The van der Waals surface area contributed by atoms with Crippen molar-refractivity contribution in [3.8, 4) is 5.69 Å². The lowest BCUT2D eigenvalue weighted by Crippen LogP contribution is -2.25. The second kappa shape index (κ2) is 6.11. The number of hydrogen-bond acceptors (Lipinski definition) is 4. The van der Waals surface area contributed by atoms with E-state index in [9.17, 15) is 0 Å². The van der Waals surface area contributed by atoms with Crippen molar-refractivity contribution in [3.05, 3.63) is 71.8 Å². The smallest absolute Gasteiger partial charge is 0.170 e. The molecule has 3 heterocycles. The van der Waals surface area contributed by atoms with E-state index in [0.717, 1.165) is 42.1 Å². The van der Waals surface area contributed by atoms with Gasteiger partial charge in [-0.1, -0.05) is 29.8 Å². The molecule has 0 saturated heterocycles. The fourth-order valence-corrected chi connectivity index (χ4v) is 3.69. The van der Waals surface area contributed by atoms with Gasteiger partial charge in [-0.3, -0.25) is 4.57 Å². The first-order valence-corrected chi connectivity index (χ1v) is 8.98. The van der Waals surface area contributed by atoms with E-state index in [2.05, 4.69) is 44.1 Å². The van der Waals surface area contributed by atoms with E-state index in [1.54, 1.807) is 12.7 Å². The van der Waals surface area contributed by atoms with Crippen LogP contribution in [0, 0.1) is 0 Å². The summed E-state index contributed by atoms with van der Waals surface area (Å²) in [6.07, 6.45) is 5.60. The van der Waals surface area contributed by atoms with Gasteiger partial charge in [0.2, 0.25) is 0 Å². The standard InChI is InChI=1S/C20H16ClN5/c21-15-7-9-16(10-8-15)26-13-24-18-19(22-12-23-20(18)26)25-11-3-5-14-4-1-2-6-17(14)25/h1-2,4,6-10,12-13H,3,5,11H2. The number of nitrogens with zero attached hydrogens (tertiary/aromatic N) is 5. The molecule has 128 valence electrons. The number of benzene rings is 2. The van der Waals surface area contributed by atoms with E-state index in [-0.39, 0.29) is 0 Å². The van der Waals surface area contributed by atoms with Crippen molar-refractivity contribution >= 4 is 34.3 Å². The van der Waals surface area contributed by atoms with Gasteiger partial charge in [0.05, 0.1) is 0 Å². The SMILES string of the molecule is Clc1ccc(-n2cnc3c(N4CCCc5ccccc54)ncnc32)cc1. The Bertz CT molecular complexity index is 1090. The lowest BCUT2D eigenvalue weighted by molar-refractivity contribution is 0.760. The molecule has 0 radical (unpaired) electrons. The highest BCUT2D eigenvalue weighted by molar-refractivity contribution is 6.30. The van der Waals surface area contributed by atoms with Gasteiger partial charge in [-0.2, -0.15) is 0 Å². The van der Waals surface area contributed by atoms with Crippen molar-refractivity contribution in [3.63, 3.8) is 0 Å². The highest BCUT2D eigenvalue weighted by atomic mass is 35.5. The molecule has 0 spiro atoms. The molecule has 0 N–H and O–H groups in total. The maximum absolute atomic E-state index is 6.01. The zero-order chi connectivity index (χ0) is 17.5. The van der Waals surface area contributed by atoms with E-state index in [1.165, 1.54) is 11.3 Å². The van der Waals surface area contributed by atoms with Gasteiger partial charge in [-0.25, -0.2) is 15.0 Å². The van der Waals surface area contributed by atoms with Crippen LogP contribution in [0.15, 0.2) is 61.2 Å². The number of hydrogen-bond donors (Lipinski definition) is 0. The van der Waals surface area contributed by atoms with Crippen molar-refractivity contribution in [2.24, 2.45) is 0 Å². The minimum absolute atomic E-state index is 0.707. The molecule has 0 amide bonds. The van der Waals surface area contributed by atoms with Crippen molar-refractivity contribution in [1.29, 1.82) is 0 Å². The monoisotopic (exact) mass is 361 g/mol. The molecule has 1 aliphatic heterocycles. The normalized spacial score (nSPS) is 13.8.